The molecule has 1 aromatic heterocycles. The molecule has 0 bridgehead atoms. The average Bonchev–Trinajstić information content (AvgIpc) is 2.56. The van der Waals surface area contributed by atoms with Crippen LogP contribution in [0.25, 0.3) is 0 Å². The molecule has 0 aliphatic rings. The van der Waals surface area contributed by atoms with Crippen LogP contribution in [0, 0.1) is 6.92 Å². The number of hydrogen-bond acceptors (Lipinski definition) is 6. The van der Waals surface area contributed by atoms with Crippen molar-refractivity contribution in [1.82, 2.24) is 19.3 Å². The molecule has 1 aromatic carbocycles. The third kappa shape index (κ3) is 3.51. The molecule has 1 N–H and O–H groups in total. The van der Waals surface area contributed by atoms with E-state index in [0.29, 0.717) is 9.99 Å². The maximum Gasteiger partial charge on any atom is 0.335 e. The molecule has 2 aromatic rings. The second-order valence-corrected chi connectivity index (χ2v) is 7.38. The molecule has 0 aliphatic carbocycles. The van der Waals surface area contributed by atoms with Crippen molar-refractivity contribution in [2.45, 2.75) is 31.8 Å². The van der Waals surface area contributed by atoms with Crippen molar-refractivity contribution in [3.05, 3.63) is 42.0 Å². The van der Waals surface area contributed by atoms with Crippen LogP contribution in [0.3, 0.4) is 0 Å². The second-order valence-electron chi connectivity index (χ2n) is 5.52. The topological polar surface area (TPSA) is 105 Å². The number of carbonyl (C=O) groups excluding carboxylic acids is 1. The zero-order valence-corrected chi connectivity index (χ0v) is 14.7. The molecule has 0 spiro atoms. The molecule has 24 heavy (non-hydrogen) atoms. The quantitative estimate of drug-likeness (QED) is 0.907. The largest absolute Gasteiger partial charge is 0.335 e. The van der Waals surface area contributed by atoms with E-state index in [1.165, 1.54) is 0 Å². The summed E-state index contributed by atoms with van der Waals surface area (Å²) in [5.74, 6) is 0.172. The molecule has 0 saturated carbocycles. The highest BCUT2D eigenvalue weighted by molar-refractivity contribution is 7.89. The van der Waals surface area contributed by atoms with Crippen LogP contribution in [0.2, 0.25) is 0 Å². The molecule has 9 heteroatoms. The van der Waals surface area contributed by atoms with Crippen LogP contribution in [-0.4, -0.2) is 40.8 Å². The first-order valence-corrected chi connectivity index (χ1v) is 8.70. The minimum atomic E-state index is -4.15. The Morgan fingerprint density at radius 1 is 1.21 bits per heavy atom. The highest BCUT2D eigenvalue weighted by Crippen LogP contribution is 2.27. The van der Waals surface area contributed by atoms with Crippen LogP contribution in [0.1, 0.15) is 30.9 Å². The van der Waals surface area contributed by atoms with Gasteiger partial charge in [-0.1, -0.05) is 32.0 Å². The lowest BCUT2D eigenvalue weighted by Crippen LogP contribution is -2.37. The van der Waals surface area contributed by atoms with Crippen molar-refractivity contribution >= 4 is 21.7 Å². The molecule has 8 nitrogen and oxygen atoms in total. The second kappa shape index (κ2) is 6.91. The van der Waals surface area contributed by atoms with E-state index in [9.17, 15) is 13.2 Å². The predicted molar refractivity (Wildman–Crippen MR) is 89.1 cm³/mol. The fraction of sp³-hybridized carbons (Fsp3) is 0.333. The van der Waals surface area contributed by atoms with Crippen molar-refractivity contribution in [1.29, 1.82) is 0 Å². The van der Waals surface area contributed by atoms with Crippen molar-refractivity contribution in [3.63, 3.8) is 0 Å². The zero-order valence-electron chi connectivity index (χ0n) is 13.9. The van der Waals surface area contributed by atoms with Gasteiger partial charge in [-0.25, -0.2) is 24.1 Å². The van der Waals surface area contributed by atoms with E-state index in [0.717, 1.165) is 30.8 Å². The number of benzene rings is 1. The van der Waals surface area contributed by atoms with Gasteiger partial charge < -0.3 is 5.32 Å². The SMILES string of the molecule is Cc1cccc(C(C)C)c1NC(=O)N(C)S(=O)(=O)c1ncncn1. The van der Waals surface area contributed by atoms with E-state index in [1.54, 1.807) is 0 Å². The average molecular weight is 349 g/mol. The van der Waals surface area contributed by atoms with Crippen LogP contribution in [0.15, 0.2) is 36.0 Å². The molecule has 2 rings (SSSR count). The number of hydrogen-bond donors (Lipinski definition) is 1. The number of nitrogens with zero attached hydrogens (tertiary/aromatic N) is 4. The normalized spacial score (nSPS) is 11.4. The van der Waals surface area contributed by atoms with Gasteiger partial charge >= 0.3 is 16.1 Å². The van der Waals surface area contributed by atoms with Crippen molar-refractivity contribution < 1.29 is 13.2 Å². The van der Waals surface area contributed by atoms with Gasteiger partial charge in [0.1, 0.15) is 12.7 Å². The number of aromatic nitrogens is 3. The van der Waals surface area contributed by atoms with Crippen LogP contribution in [-0.2, 0) is 10.0 Å². The van der Waals surface area contributed by atoms with Gasteiger partial charge in [0.25, 0.3) is 5.16 Å². The molecular formula is C15H19N5O3S. The lowest BCUT2D eigenvalue weighted by molar-refractivity contribution is 0.240. The highest BCUT2D eigenvalue weighted by atomic mass is 32.2. The first-order valence-electron chi connectivity index (χ1n) is 7.26. The summed E-state index contributed by atoms with van der Waals surface area (Å²) in [6.07, 6.45) is 2.12. The van der Waals surface area contributed by atoms with Gasteiger partial charge in [-0.2, -0.15) is 8.42 Å². The molecular weight excluding hydrogens is 330 g/mol. The van der Waals surface area contributed by atoms with Gasteiger partial charge in [-0.15, -0.1) is 0 Å². The lowest BCUT2D eigenvalue weighted by atomic mass is 9.98. The molecule has 0 saturated heterocycles. The first kappa shape index (κ1) is 17.8. The van der Waals surface area contributed by atoms with E-state index in [2.05, 4.69) is 20.3 Å². The van der Waals surface area contributed by atoms with Crippen LogP contribution in [0.5, 0.6) is 0 Å². The van der Waals surface area contributed by atoms with Crippen molar-refractivity contribution in [2.75, 3.05) is 12.4 Å². The van der Waals surface area contributed by atoms with Gasteiger partial charge in [-0.3, -0.25) is 0 Å². The zero-order chi connectivity index (χ0) is 17.9. The molecule has 0 atom stereocenters. The summed E-state index contributed by atoms with van der Waals surface area (Å²) in [5.41, 5.74) is 2.38. The number of anilines is 1. The third-order valence-corrected chi connectivity index (χ3v) is 5.07. The standard InChI is InChI=1S/C15H19N5O3S/c1-10(2)12-7-5-6-11(3)13(12)19-15(21)20(4)24(22,23)14-17-8-16-9-18-14/h5-10H,1-4H3,(H,19,21). The number of nitrogens with one attached hydrogen (secondary N) is 1. The summed E-state index contributed by atoms with van der Waals surface area (Å²) in [6.45, 7) is 5.84. The van der Waals surface area contributed by atoms with Crippen molar-refractivity contribution in [2.24, 2.45) is 0 Å². The van der Waals surface area contributed by atoms with Gasteiger partial charge in [-0.05, 0) is 24.0 Å². The molecule has 2 amide bonds. The van der Waals surface area contributed by atoms with Gasteiger partial charge in [0.05, 0.1) is 0 Å². The smallest absolute Gasteiger partial charge is 0.306 e. The van der Waals surface area contributed by atoms with E-state index >= 15 is 0 Å². The number of amides is 2. The molecule has 1 heterocycles. The number of aryl methyl sites for hydroxylation is 1. The van der Waals surface area contributed by atoms with E-state index in [-0.39, 0.29) is 5.92 Å². The molecule has 0 unspecified atom stereocenters. The number of rotatable bonds is 4. The summed E-state index contributed by atoms with van der Waals surface area (Å²) in [5, 5.41) is 2.19. The Kier molecular flexibility index (Phi) is 5.13. The summed E-state index contributed by atoms with van der Waals surface area (Å²) < 4.78 is 25.3. The third-order valence-electron chi connectivity index (χ3n) is 3.51. The van der Waals surface area contributed by atoms with Crippen LogP contribution < -0.4 is 5.32 Å². The Hall–Kier alpha value is -2.55. The van der Waals surface area contributed by atoms with Gasteiger partial charge in [0, 0.05) is 12.7 Å². The maximum atomic E-state index is 12.4. The Balaban J connectivity index is 2.31. The van der Waals surface area contributed by atoms with Gasteiger partial charge in [0.15, 0.2) is 0 Å². The summed E-state index contributed by atoms with van der Waals surface area (Å²) >= 11 is 0. The van der Waals surface area contributed by atoms with Gasteiger partial charge in [0.2, 0.25) is 0 Å². The molecule has 128 valence electrons. The minimum absolute atomic E-state index is 0.172. The van der Waals surface area contributed by atoms with E-state index < -0.39 is 21.2 Å². The summed E-state index contributed by atoms with van der Waals surface area (Å²) in [6, 6.07) is 4.85. The molecule has 0 radical (unpaired) electrons. The Morgan fingerprint density at radius 3 is 2.42 bits per heavy atom. The fourth-order valence-electron chi connectivity index (χ4n) is 2.12. The Labute approximate surface area is 141 Å². The highest BCUT2D eigenvalue weighted by Gasteiger charge is 2.29. The predicted octanol–water partition coefficient (Wildman–Crippen LogP) is 2.16. The first-order chi connectivity index (χ1) is 11.2. The lowest BCUT2D eigenvalue weighted by Gasteiger charge is -2.20. The van der Waals surface area contributed by atoms with E-state index in [4.69, 9.17) is 0 Å². The minimum Gasteiger partial charge on any atom is -0.306 e. The summed E-state index contributed by atoms with van der Waals surface area (Å²) in [7, 11) is -2.99. The summed E-state index contributed by atoms with van der Waals surface area (Å²) in [4.78, 5) is 23.2. The monoisotopic (exact) mass is 349 g/mol. The molecule has 0 fully saturated rings. The Bertz CT molecular complexity index is 837. The maximum absolute atomic E-state index is 12.4. The number of urea groups is 1. The molecule has 0 aliphatic heterocycles. The Morgan fingerprint density at radius 2 is 1.83 bits per heavy atom. The van der Waals surface area contributed by atoms with E-state index in [1.807, 2.05) is 39.0 Å². The fourth-order valence-corrected chi connectivity index (χ4v) is 2.99. The van der Waals surface area contributed by atoms with Crippen LogP contribution >= 0.6 is 0 Å². The van der Waals surface area contributed by atoms with Crippen LogP contribution in [0.4, 0.5) is 10.5 Å². The van der Waals surface area contributed by atoms with Crippen molar-refractivity contribution in [3.8, 4) is 0 Å². The number of carbonyl (C=O) groups is 1. The number of sulfonamides is 1. The number of para-hydroxylation sites is 1.